The van der Waals surface area contributed by atoms with Crippen molar-refractivity contribution < 1.29 is 38.9 Å². The van der Waals surface area contributed by atoms with E-state index in [9.17, 15) is 25.0 Å². The lowest BCUT2D eigenvalue weighted by Crippen LogP contribution is -2.08. The number of benzene rings is 1. The molecule has 0 N–H and O–H groups in total. The summed E-state index contributed by atoms with van der Waals surface area (Å²) >= 11 is 0. The van der Waals surface area contributed by atoms with Gasteiger partial charge in [0.2, 0.25) is 0 Å². The van der Waals surface area contributed by atoms with Crippen LogP contribution in [0.25, 0.3) is 6.08 Å². The molecule has 154 valence electrons. The van der Waals surface area contributed by atoms with Crippen molar-refractivity contribution in [1.29, 1.82) is 0 Å². The van der Waals surface area contributed by atoms with E-state index in [0.29, 0.717) is 23.5 Å². The summed E-state index contributed by atoms with van der Waals surface area (Å²) in [5.41, 5.74) is 0.648. The Kier molecular flexibility index (Phi) is 10.2. The van der Waals surface area contributed by atoms with Gasteiger partial charge in [-0.3, -0.25) is 0 Å². The molecule has 1 aromatic rings. The zero-order chi connectivity index (χ0) is 20.8. The van der Waals surface area contributed by atoms with E-state index in [1.807, 2.05) is 0 Å². The summed E-state index contributed by atoms with van der Waals surface area (Å²) in [6, 6.07) is 4.95. The standard InChI is InChI=1S/C16H20N2O10/c1-24-15-12-13(4-6-14(15)25-8-2-10-27-17(20)21)5-7-16(19)26-9-3-11-28-18(22)23/h4-7,12H,2-3,8-11H2,1H3/b7-5+. The van der Waals surface area contributed by atoms with Crippen molar-refractivity contribution in [3.05, 3.63) is 50.1 Å². The molecule has 0 aliphatic heterocycles. The molecule has 0 amide bonds. The molecule has 12 nitrogen and oxygen atoms in total. The average Bonchev–Trinajstić information content (AvgIpc) is 2.65. The highest BCUT2D eigenvalue weighted by molar-refractivity contribution is 5.87. The highest BCUT2D eigenvalue weighted by atomic mass is 17.0. The van der Waals surface area contributed by atoms with Gasteiger partial charge in [0, 0.05) is 18.9 Å². The van der Waals surface area contributed by atoms with Crippen LogP contribution in [-0.4, -0.2) is 49.7 Å². The Morgan fingerprint density at radius 2 is 1.64 bits per heavy atom. The molecule has 0 bridgehead atoms. The number of carbonyl (C=O) groups is 1. The molecular weight excluding hydrogens is 380 g/mol. The fraction of sp³-hybridized carbons (Fsp3) is 0.438. The topological polar surface area (TPSA) is 150 Å². The lowest BCUT2D eigenvalue weighted by atomic mass is 10.2. The normalized spacial score (nSPS) is 10.3. The van der Waals surface area contributed by atoms with E-state index < -0.39 is 16.1 Å². The number of rotatable bonds is 14. The van der Waals surface area contributed by atoms with E-state index in [1.54, 1.807) is 18.2 Å². The highest BCUT2D eigenvalue weighted by Crippen LogP contribution is 2.28. The number of esters is 1. The van der Waals surface area contributed by atoms with Crippen LogP contribution in [0.2, 0.25) is 0 Å². The summed E-state index contributed by atoms with van der Waals surface area (Å²) in [4.78, 5) is 39.9. The summed E-state index contributed by atoms with van der Waals surface area (Å²) in [7, 11) is 1.45. The van der Waals surface area contributed by atoms with Crippen LogP contribution in [-0.2, 0) is 19.2 Å². The number of methoxy groups -OCH3 is 1. The van der Waals surface area contributed by atoms with Gasteiger partial charge in [-0.25, -0.2) is 4.79 Å². The molecule has 0 radical (unpaired) electrons. The summed E-state index contributed by atoms with van der Waals surface area (Å²) < 4.78 is 15.6. The van der Waals surface area contributed by atoms with Gasteiger partial charge in [-0.05, 0) is 23.8 Å². The third kappa shape index (κ3) is 9.79. The summed E-state index contributed by atoms with van der Waals surface area (Å²) in [5.74, 6) is 0.253. The van der Waals surface area contributed by atoms with E-state index in [1.165, 1.54) is 19.3 Å². The molecule has 28 heavy (non-hydrogen) atoms. The van der Waals surface area contributed by atoms with Gasteiger partial charge in [0.05, 0.1) is 33.5 Å². The maximum Gasteiger partial charge on any atom is 0.330 e. The van der Waals surface area contributed by atoms with E-state index >= 15 is 0 Å². The first-order valence-electron chi connectivity index (χ1n) is 8.12. The second kappa shape index (κ2) is 12.7. The van der Waals surface area contributed by atoms with Crippen LogP contribution in [0.4, 0.5) is 0 Å². The third-order valence-corrected chi connectivity index (χ3v) is 3.07. The summed E-state index contributed by atoms with van der Waals surface area (Å²) in [5, 5.41) is 18.2. The third-order valence-electron chi connectivity index (χ3n) is 3.07. The Morgan fingerprint density at radius 1 is 1.00 bits per heavy atom. The van der Waals surface area contributed by atoms with E-state index in [0.717, 1.165) is 0 Å². The smallest absolute Gasteiger partial charge is 0.330 e. The van der Waals surface area contributed by atoms with Crippen molar-refractivity contribution >= 4 is 12.0 Å². The number of nitrogens with zero attached hydrogens (tertiary/aromatic N) is 2. The van der Waals surface area contributed by atoms with Gasteiger partial charge < -0.3 is 23.9 Å². The van der Waals surface area contributed by atoms with Crippen LogP contribution in [0.3, 0.4) is 0 Å². The number of hydrogen-bond acceptors (Lipinski definition) is 10. The molecular formula is C16H20N2O10. The zero-order valence-corrected chi connectivity index (χ0v) is 15.1. The van der Waals surface area contributed by atoms with Gasteiger partial charge in [-0.2, -0.15) is 0 Å². The molecule has 0 aromatic heterocycles. The van der Waals surface area contributed by atoms with E-state index in [-0.39, 0.29) is 32.8 Å². The molecule has 1 rings (SSSR count). The quantitative estimate of drug-likeness (QED) is 0.149. The lowest BCUT2D eigenvalue weighted by Gasteiger charge is -2.11. The molecule has 0 saturated heterocycles. The fourth-order valence-corrected chi connectivity index (χ4v) is 1.87. The molecule has 0 aliphatic rings. The Labute approximate surface area is 159 Å². The van der Waals surface area contributed by atoms with Gasteiger partial charge in [0.1, 0.15) is 0 Å². The van der Waals surface area contributed by atoms with Crippen LogP contribution < -0.4 is 9.47 Å². The van der Waals surface area contributed by atoms with Crippen LogP contribution >= 0.6 is 0 Å². The minimum Gasteiger partial charge on any atom is -0.493 e. The minimum atomic E-state index is -0.914. The minimum absolute atomic E-state index is 0.00667. The van der Waals surface area contributed by atoms with Gasteiger partial charge in [0.25, 0.3) is 10.2 Å². The van der Waals surface area contributed by atoms with E-state index in [2.05, 4.69) is 9.68 Å². The van der Waals surface area contributed by atoms with Gasteiger partial charge in [0.15, 0.2) is 11.5 Å². The SMILES string of the molecule is COc1cc(/C=C/C(=O)OCCCO[N+](=O)[O-])ccc1OCCCO[N+](=O)[O-]. The Bertz CT molecular complexity index is 692. The Morgan fingerprint density at radius 3 is 2.25 bits per heavy atom. The largest absolute Gasteiger partial charge is 0.493 e. The summed E-state index contributed by atoms with van der Waals surface area (Å²) in [6.07, 6.45) is 3.24. The van der Waals surface area contributed by atoms with Crippen molar-refractivity contribution in [1.82, 2.24) is 0 Å². The molecule has 0 fully saturated rings. The molecule has 0 aliphatic carbocycles. The predicted molar refractivity (Wildman–Crippen MR) is 93.6 cm³/mol. The maximum absolute atomic E-state index is 11.6. The zero-order valence-electron chi connectivity index (χ0n) is 15.1. The predicted octanol–water partition coefficient (Wildman–Crippen LogP) is 1.83. The van der Waals surface area contributed by atoms with Gasteiger partial charge >= 0.3 is 5.97 Å². The first-order valence-corrected chi connectivity index (χ1v) is 8.12. The molecule has 0 heterocycles. The van der Waals surface area contributed by atoms with E-state index in [4.69, 9.17) is 14.2 Å². The number of carbonyl (C=O) groups excluding carboxylic acids is 1. The molecule has 1 aromatic carbocycles. The second-order valence-electron chi connectivity index (χ2n) is 5.08. The van der Waals surface area contributed by atoms with Crippen molar-refractivity contribution in [2.75, 3.05) is 33.5 Å². The Balaban J connectivity index is 2.44. The first-order chi connectivity index (χ1) is 13.4. The van der Waals surface area contributed by atoms with Gasteiger partial charge in [-0.15, -0.1) is 20.2 Å². The second-order valence-corrected chi connectivity index (χ2v) is 5.08. The van der Waals surface area contributed by atoms with Crippen molar-refractivity contribution in [3.63, 3.8) is 0 Å². The highest BCUT2D eigenvalue weighted by Gasteiger charge is 2.06. The lowest BCUT2D eigenvalue weighted by molar-refractivity contribution is -0.757. The van der Waals surface area contributed by atoms with Crippen molar-refractivity contribution in [2.24, 2.45) is 0 Å². The van der Waals surface area contributed by atoms with Crippen molar-refractivity contribution in [2.45, 2.75) is 12.8 Å². The Hall–Kier alpha value is -3.57. The van der Waals surface area contributed by atoms with Crippen LogP contribution in [0, 0.1) is 20.2 Å². The monoisotopic (exact) mass is 400 g/mol. The van der Waals surface area contributed by atoms with Crippen LogP contribution in [0.1, 0.15) is 18.4 Å². The summed E-state index contributed by atoms with van der Waals surface area (Å²) in [6.45, 7) is -0.0314. The molecule has 0 unspecified atom stereocenters. The molecule has 12 heteroatoms. The van der Waals surface area contributed by atoms with Crippen LogP contribution in [0.15, 0.2) is 24.3 Å². The first kappa shape index (κ1) is 22.5. The molecule has 0 spiro atoms. The number of hydrogen-bond donors (Lipinski definition) is 0. The van der Waals surface area contributed by atoms with Crippen molar-refractivity contribution in [3.8, 4) is 11.5 Å². The fourth-order valence-electron chi connectivity index (χ4n) is 1.87. The molecule has 0 atom stereocenters. The molecule has 0 saturated carbocycles. The van der Waals surface area contributed by atoms with Gasteiger partial charge in [-0.1, -0.05) is 6.07 Å². The maximum atomic E-state index is 11.6. The number of ether oxygens (including phenoxy) is 3. The van der Waals surface area contributed by atoms with Crippen LogP contribution in [0.5, 0.6) is 11.5 Å². The average molecular weight is 400 g/mol.